The van der Waals surface area contributed by atoms with Gasteiger partial charge in [0.2, 0.25) is 23.6 Å². The molecule has 0 heterocycles. The average molecular weight is 435 g/mol. The number of carbonyl (C=O) groups excluding carboxylic acids is 4. The molecule has 30 heavy (non-hydrogen) atoms. The molecule has 0 spiro atoms. The van der Waals surface area contributed by atoms with E-state index >= 15 is 0 Å². The van der Waals surface area contributed by atoms with Crippen LogP contribution in [0.15, 0.2) is 0 Å². The fraction of sp³-hybridized carbons (Fsp3) is 0.600. The topological polar surface area (TPSA) is 271 Å². The Morgan fingerprint density at radius 2 is 1.27 bits per heavy atom. The van der Waals surface area contributed by atoms with Crippen LogP contribution in [0.25, 0.3) is 0 Å². The normalized spacial score (nSPS) is 14.5. The quantitative estimate of drug-likeness (QED) is 0.124. The zero-order valence-corrected chi connectivity index (χ0v) is 15.7. The summed E-state index contributed by atoms with van der Waals surface area (Å²) in [5.74, 6) is -7.22. The van der Waals surface area contributed by atoms with Gasteiger partial charge >= 0.3 is 11.9 Å². The number of aliphatic carboxylic acids is 2. The molecule has 0 aliphatic rings. The molecule has 0 saturated heterocycles. The third-order valence-electron chi connectivity index (χ3n) is 3.65. The van der Waals surface area contributed by atoms with Crippen LogP contribution in [0.1, 0.15) is 19.3 Å². The first-order valence-electron chi connectivity index (χ1n) is 8.54. The molecule has 170 valence electrons. The van der Waals surface area contributed by atoms with Crippen molar-refractivity contribution < 1.29 is 49.2 Å². The Labute approximate surface area is 169 Å². The second-order valence-electron chi connectivity index (χ2n) is 6.10. The SMILES string of the molecule is NC(=O)CCC(NC(=O)C(N)CO)C(=O)NC(CC(=O)O)C(=O)NC(CO)C(=O)O. The summed E-state index contributed by atoms with van der Waals surface area (Å²) < 4.78 is 0. The lowest BCUT2D eigenvalue weighted by molar-refractivity contribution is -0.144. The lowest BCUT2D eigenvalue weighted by Gasteiger charge is -2.24. The molecule has 0 saturated carbocycles. The van der Waals surface area contributed by atoms with Crippen molar-refractivity contribution in [1.29, 1.82) is 0 Å². The van der Waals surface area contributed by atoms with E-state index in [9.17, 15) is 28.8 Å². The molecule has 4 unspecified atom stereocenters. The second-order valence-corrected chi connectivity index (χ2v) is 6.10. The maximum atomic E-state index is 12.5. The number of aliphatic hydroxyl groups excluding tert-OH is 2. The molecule has 0 radical (unpaired) electrons. The molecule has 0 aromatic carbocycles. The minimum Gasteiger partial charge on any atom is -0.481 e. The van der Waals surface area contributed by atoms with E-state index in [0.29, 0.717) is 0 Å². The van der Waals surface area contributed by atoms with Crippen LogP contribution in [-0.4, -0.2) is 93.4 Å². The van der Waals surface area contributed by atoms with Gasteiger partial charge in [-0.15, -0.1) is 0 Å². The van der Waals surface area contributed by atoms with Crippen molar-refractivity contribution in [2.45, 2.75) is 43.4 Å². The maximum Gasteiger partial charge on any atom is 0.328 e. The lowest BCUT2D eigenvalue weighted by Crippen LogP contribution is -2.58. The molecule has 0 fully saturated rings. The number of carboxylic acids is 2. The number of carbonyl (C=O) groups is 6. The van der Waals surface area contributed by atoms with Crippen LogP contribution in [0, 0.1) is 0 Å². The smallest absolute Gasteiger partial charge is 0.328 e. The first-order valence-corrected chi connectivity index (χ1v) is 8.54. The summed E-state index contributed by atoms with van der Waals surface area (Å²) in [7, 11) is 0. The number of hydrogen-bond donors (Lipinski definition) is 9. The Morgan fingerprint density at radius 1 is 0.767 bits per heavy atom. The zero-order valence-electron chi connectivity index (χ0n) is 15.7. The highest BCUT2D eigenvalue weighted by molar-refractivity contribution is 5.95. The molecular formula is C15H25N5O10. The number of rotatable bonds is 14. The van der Waals surface area contributed by atoms with Crippen molar-refractivity contribution >= 4 is 35.6 Å². The van der Waals surface area contributed by atoms with Crippen LogP contribution in [-0.2, 0) is 28.8 Å². The van der Waals surface area contributed by atoms with Gasteiger partial charge in [-0.1, -0.05) is 0 Å². The first-order chi connectivity index (χ1) is 13.9. The summed E-state index contributed by atoms with van der Waals surface area (Å²) in [6.07, 6.45) is -1.66. The van der Waals surface area contributed by atoms with Gasteiger partial charge < -0.3 is 47.8 Å². The number of nitrogens with one attached hydrogen (secondary N) is 3. The Hall–Kier alpha value is -3.30. The minimum atomic E-state index is -1.78. The highest BCUT2D eigenvalue weighted by Crippen LogP contribution is 2.02. The summed E-state index contributed by atoms with van der Waals surface area (Å²) in [5.41, 5.74) is 10.3. The van der Waals surface area contributed by atoms with Crippen molar-refractivity contribution in [2.75, 3.05) is 13.2 Å². The van der Waals surface area contributed by atoms with Crippen LogP contribution < -0.4 is 27.4 Å². The van der Waals surface area contributed by atoms with Gasteiger partial charge in [-0.2, -0.15) is 0 Å². The first kappa shape index (κ1) is 26.7. The third kappa shape index (κ3) is 9.76. The highest BCUT2D eigenvalue weighted by Gasteiger charge is 2.31. The molecule has 0 rings (SSSR count). The standard InChI is InChI=1S/C15H25N5O10/c16-6(4-21)12(26)18-7(1-2-10(17)23)13(27)19-8(3-11(24)25)14(28)20-9(5-22)15(29)30/h6-9,21-22H,1-5,16H2,(H2,17,23)(H,18,26)(H,19,27)(H,20,28)(H,24,25)(H,29,30). The van der Waals surface area contributed by atoms with Crippen LogP contribution in [0.2, 0.25) is 0 Å². The van der Waals surface area contributed by atoms with Gasteiger partial charge in [0.1, 0.15) is 24.2 Å². The van der Waals surface area contributed by atoms with E-state index in [2.05, 4.69) is 5.32 Å². The van der Waals surface area contributed by atoms with Gasteiger partial charge in [0.15, 0.2) is 0 Å². The summed E-state index contributed by atoms with van der Waals surface area (Å²) >= 11 is 0. The molecule has 11 N–H and O–H groups in total. The average Bonchev–Trinajstić information content (AvgIpc) is 2.66. The second kappa shape index (κ2) is 13.0. The van der Waals surface area contributed by atoms with E-state index in [0.717, 1.165) is 0 Å². The van der Waals surface area contributed by atoms with E-state index in [1.54, 1.807) is 0 Å². The van der Waals surface area contributed by atoms with Crippen LogP contribution in [0.3, 0.4) is 0 Å². The Balaban J connectivity index is 5.44. The van der Waals surface area contributed by atoms with Crippen molar-refractivity contribution in [3.05, 3.63) is 0 Å². The molecular weight excluding hydrogens is 410 g/mol. The number of carboxylic acid groups (broad SMARTS) is 2. The van der Waals surface area contributed by atoms with Crippen LogP contribution >= 0.6 is 0 Å². The predicted octanol–water partition coefficient (Wildman–Crippen LogP) is -5.42. The van der Waals surface area contributed by atoms with Crippen molar-refractivity contribution in [1.82, 2.24) is 16.0 Å². The maximum absolute atomic E-state index is 12.5. The van der Waals surface area contributed by atoms with E-state index in [4.69, 9.17) is 31.9 Å². The van der Waals surface area contributed by atoms with Gasteiger partial charge in [-0.25, -0.2) is 4.79 Å². The molecule has 15 nitrogen and oxygen atoms in total. The van der Waals surface area contributed by atoms with Gasteiger partial charge in [0.05, 0.1) is 19.6 Å². The predicted molar refractivity (Wildman–Crippen MR) is 96.3 cm³/mol. The van der Waals surface area contributed by atoms with E-state index in [1.165, 1.54) is 0 Å². The van der Waals surface area contributed by atoms with E-state index in [1.807, 2.05) is 10.6 Å². The Kier molecular flexibility index (Phi) is 11.6. The summed E-state index contributed by atoms with van der Waals surface area (Å²) in [6, 6.07) is -6.39. The molecule has 0 aromatic heterocycles. The van der Waals surface area contributed by atoms with E-state index in [-0.39, 0.29) is 12.8 Å². The lowest BCUT2D eigenvalue weighted by atomic mass is 10.1. The fourth-order valence-electron chi connectivity index (χ4n) is 2.03. The number of primary amides is 1. The largest absolute Gasteiger partial charge is 0.481 e. The van der Waals surface area contributed by atoms with Crippen LogP contribution in [0.5, 0.6) is 0 Å². The van der Waals surface area contributed by atoms with Gasteiger partial charge in [0.25, 0.3) is 0 Å². The monoisotopic (exact) mass is 435 g/mol. The van der Waals surface area contributed by atoms with E-state index < -0.39 is 79.4 Å². The summed E-state index contributed by atoms with van der Waals surface area (Å²) in [5, 5.41) is 41.7. The van der Waals surface area contributed by atoms with Crippen LogP contribution in [0.4, 0.5) is 0 Å². The molecule has 4 atom stereocenters. The molecule has 0 aliphatic carbocycles. The number of aliphatic hydroxyl groups is 2. The van der Waals surface area contributed by atoms with Crippen molar-refractivity contribution in [3.8, 4) is 0 Å². The van der Waals surface area contributed by atoms with Crippen molar-refractivity contribution in [3.63, 3.8) is 0 Å². The summed E-state index contributed by atoms with van der Waals surface area (Å²) in [6.45, 7) is -1.75. The molecule has 0 aliphatic heterocycles. The minimum absolute atomic E-state index is 0.332. The van der Waals surface area contributed by atoms with Gasteiger partial charge in [0, 0.05) is 6.42 Å². The third-order valence-corrected chi connectivity index (χ3v) is 3.65. The van der Waals surface area contributed by atoms with Crippen molar-refractivity contribution in [2.24, 2.45) is 11.5 Å². The molecule has 15 heteroatoms. The number of amides is 4. The Morgan fingerprint density at radius 3 is 1.70 bits per heavy atom. The molecule has 0 aromatic rings. The Bertz CT molecular complexity index is 670. The zero-order chi connectivity index (χ0) is 23.4. The summed E-state index contributed by atoms with van der Waals surface area (Å²) in [4.78, 5) is 69.4. The van der Waals surface area contributed by atoms with Gasteiger partial charge in [-0.3, -0.25) is 24.0 Å². The fourth-order valence-corrected chi connectivity index (χ4v) is 2.03. The molecule has 0 bridgehead atoms. The highest BCUT2D eigenvalue weighted by atomic mass is 16.4. The number of nitrogens with two attached hydrogens (primary N) is 2. The number of hydrogen-bond acceptors (Lipinski definition) is 9. The van der Waals surface area contributed by atoms with Gasteiger partial charge in [-0.05, 0) is 6.42 Å². The molecule has 4 amide bonds.